The SMILES string of the molecule is CN1CCC[C@@H]1C[C@H]1CNc2ccc(-c3cccs3)cc21. The first-order valence-corrected chi connectivity index (χ1v) is 8.81. The fourth-order valence-corrected chi connectivity index (χ4v) is 4.54. The van der Waals surface area contributed by atoms with Gasteiger partial charge < -0.3 is 10.2 Å². The Kier molecular flexibility index (Phi) is 3.48. The molecule has 110 valence electrons. The van der Waals surface area contributed by atoms with Crippen LogP contribution in [0.25, 0.3) is 10.4 Å². The van der Waals surface area contributed by atoms with Crippen molar-refractivity contribution in [3.8, 4) is 10.4 Å². The Morgan fingerprint density at radius 2 is 2.29 bits per heavy atom. The minimum atomic E-state index is 0.672. The standard InChI is InChI=1S/C18H22N2S/c1-20-8-2-4-15(20)10-14-12-19-17-7-6-13(11-16(14)17)18-5-3-9-21-18/h3,5-7,9,11,14-15,19H,2,4,8,10,12H2,1H3/t14-,15+/m0/s1. The molecule has 0 unspecified atom stereocenters. The Hall–Kier alpha value is -1.32. The molecule has 1 fully saturated rings. The van der Waals surface area contributed by atoms with E-state index in [1.165, 1.54) is 47.5 Å². The number of thiophene rings is 1. The highest BCUT2D eigenvalue weighted by atomic mass is 32.1. The van der Waals surface area contributed by atoms with Crippen LogP contribution in [-0.2, 0) is 0 Å². The Morgan fingerprint density at radius 3 is 3.05 bits per heavy atom. The summed E-state index contributed by atoms with van der Waals surface area (Å²) >= 11 is 1.83. The number of fused-ring (bicyclic) bond motifs is 1. The van der Waals surface area contributed by atoms with Crippen molar-refractivity contribution in [2.45, 2.75) is 31.2 Å². The van der Waals surface area contributed by atoms with E-state index in [1.807, 2.05) is 11.3 Å². The summed E-state index contributed by atoms with van der Waals surface area (Å²) in [6, 6.07) is 12.1. The van der Waals surface area contributed by atoms with Crippen molar-refractivity contribution in [1.29, 1.82) is 0 Å². The molecule has 0 spiro atoms. The van der Waals surface area contributed by atoms with E-state index in [4.69, 9.17) is 0 Å². The minimum absolute atomic E-state index is 0.672. The van der Waals surface area contributed by atoms with Crippen LogP contribution in [0, 0.1) is 0 Å². The summed E-state index contributed by atoms with van der Waals surface area (Å²) in [5.41, 5.74) is 4.25. The van der Waals surface area contributed by atoms with Gasteiger partial charge in [0.25, 0.3) is 0 Å². The smallest absolute Gasteiger partial charge is 0.0376 e. The first kappa shape index (κ1) is 13.4. The molecule has 2 atom stereocenters. The molecule has 2 aliphatic heterocycles. The van der Waals surface area contributed by atoms with Crippen molar-refractivity contribution < 1.29 is 0 Å². The number of rotatable bonds is 3. The highest BCUT2D eigenvalue weighted by Crippen LogP contribution is 2.39. The van der Waals surface area contributed by atoms with Gasteiger partial charge in [0.1, 0.15) is 0 Å². The maximum Gasteiger partial charge on any atom is 0.0376 e. The molecule has 2 nitrogen and oxygen atoms in total. The largest absolute Gasteiger partial charge is 0.384 e. The normalized spacial score (nSPS) is 25.0. The van der Waals surface area contributed by atoms with Crippen LogP contribution < -0.4 is 5.32 Å². The molecule has 1 aromatic carbocycles. The Balaban J connectivity index is 1.59. The van der Waals surface area contributed by atoms with E-state index in [0.29, 0.717) is 5.92 Å². The summed E-state index contributed by atoms with van der Waals surface area (Å²) < 4.78 is 0. The van der Waals surface area contributed by atoms with Crippen molar-refractivity contribution in [1.82, 2.24) is 4.90 Å². The van der Waals surface area contributed by atoms with Gasteiger partial charge in [-0.2, -0.15) is 0 Å². The number of anilines is 1. The van der Waals surface area contributed by atoms with Crippen LogP contribution in [-0.4, -0.2) is 31.1 Å². The summed E-state index contributed by atoms with van der Waals surface area (Å²) in [5.74, 6) is 0.672. The molecule has 0 radical (unpaired) electrons. The van der Waals surface area contributed by atoms with Gasteiger partial charge in [-0.1, -0.05) is 12.1 Å². The quantitative estimate of drug-likeness (QED) is 0.903. The summed E-state index contributed by atoms with van der Waals surface area (Å²) in [6.45, 7) is 2.38. The van der Waals surface area contributed by atoms with Crippen LogP contribution >= 0.6 is 11.3 Å². The predicted molar refractivity (Wildman–Crippen MR) is 91.3 cm³/mol. The van der Waals surface area contributed by atoms with E-state index in [1.54, 1.807) is 0 Å². The highest BCUT2D eigenvalue weighted by Gasteiger charge is 2.29. The summed E-state index contributed by atoms with van der Waals surface area (Å²) in [7, 11) is 2.28. The molecule has 0 saturated carbocycles. The average molecular weight is 298 g/mol. The fraction of sp³-hybridized carbons (Fsp3) is 0.444. The Morgan fingerprint density at radius 1 is 1.33 bits per heavy atom. The molecule has 1 saturated heterocycles. The predicted octanol–water partition coefficient (Wildman–Crippen LogP) is 4.41. The first-order valence-electron chi connectivity index (χ1n) is 7.93. The maximum atomic E-state index is 3.60. The third-order valence-corrected chi connectivity index (χ3v) is 5.98. The number of hydrogen-bond acceptors (Lipinski definition) is 3. The van der Waals surface area contributed by atoms with Crippen LogP contribution in [0.15, 0.2) is 35.7 Å². The lowest BCUT2D eigenvalue weighted by Crippen LogP contribution is -2.27. The summed E-state index contributed by atoms with van der Waals surface area (Å²) in [4.78, 5) is 3.92. The molecular formula is C18H22N2S. The molecule has 3 heteroatoms. The summed E-state index contributed by atoms with van der Waals surface area (Å²) in [6.07, 6.45) is 4.03. The van der Waals surface area contributed by atoms with E-state index in [0.717, 1.165) is 12.6 Å². The number of likely N-dealkylation sites (tertiary alicyclic amines) is 1. The lowest BCUT2D eigenvalue weighted by atomic mass is 9.91. The number of hydrogen-bond donors (Lipinski definition) is 1. The third kappa shape index (κ3) is 2.49. The molecule has 2 aromatic rings. The van der Waals surface area contributed by atoms with Crippen molar-refractivity contribution >= 4 is 17.0 Å². The molecule has 3 heterocycles. The van der Waals surface area contributed by atoms with Crippen LogP contribution in [0.5, 0.6) is 0 Å². The second-order valence-corrected chi connectivity index (χ2v) is 7.32. The zero-order valence-electron chi connectivity index (χ0n) is 12.5. The molecule has 2 aliphatic rings. The topological polar surface area (TPSA) is 15.3 Å². The van der Waals surface area contributed by atoms with Crippen molar-refractivity contribution in [2.24, 2.45) is 0 Å². The zero-order chi connectivity index (χ0) is 14.2. The number of nitrogens with one attached hydrogen (secondary N) is 1. The van der Waals surface area contributed by atoms with Crippen molar-refractivity contribution in [3.63, 3.8) is 0 Å². The van der Waals surface area contributed by atoms with Crippen LogP contribution in [0.3, 0.4) is 0 Å². The molecule has 4 rings (SSSR count). The molecule has 1 N–H and O–H groups in total. The lowest BCUT2D eigenvalue weighted by Gasteiger charge is -2.23. The van der Waals surface area contributed by atoms with E-state index in [2.05, 4.69) is 53.0 Å². The second kappa shape index (κ2) is 5.47. The average Bonchev–Trinajstić information content (AvgIpc) is 3.22. The van der Waals surface area contributed by atoms with Gasteiger partial charge in [0.05, 0.1) is 0 Å². The Bertz CT molecular complexity index is 620. The van der Waals surface area contributed by atoms with Crippen molar-refractivity contribution in [2.75, 3.05) is 25.5 Å². The van der Waals surface area contributed by atoms with Gasteiger partial charge in [0.15, 0.2) is 0 Å². The first-order chi connectivity index (χ1) is 10.3. The monoisotopic (exact) mass is 298 g/mol. The molecule has 0 amide bonds. The molecule has 1 aromatic heterocycles. The van der Waals surface area contributed by atoms with Gasteiger partial charge in [-0.15, -0.1) is 11.3 Å². The highest BCUT2D eigenvalue weighted by molar-refractivity contribution is 7.13. The Labute approximate surface area is 130 Å². The molecular weight excluding hydrogens is 276 g/mol. The number of nitrogens with zero attached hydrogens (tertiary/aromatic N) is 1. The third-order valence-electron chi connectivity index (χ3n) is 5.06. The van der Waals surface area contributed by atoms with E-state index < -0.39 is 0 Å². The van der Waals surface area contributed by atoms with Gasteiger partial charge in [-0.25, -0.2) is 0 Å². The van der Waals surface area contributed by atoms with E-state index in [9.17, 15) is 0 Å². The van der Waals surface area contributed by atoms with Gasteiger partial charge >= 0.3 is 0 Å². The van der Waals surface area contributed by atoms with E-state index in [-0.39, 0.29) is 0 Å². The zero-order valence-corrected chi connectivity index (χ0v) is 13.3. The van der Waals surface area contributed by atoms with Crippen molar-refractivity contribution in [3.05, 3.63) is 41.3 Å². The van der Waals surface area contributed by atoms with Crippen LogP contribution in [0.2, 0.25) is 0 Å². The molecule has 21 heavy (non-hydrogen) atoms. The summed E-state index contributed by atoms with van der Waals surface area (Å²) in [5, 5.41) is 5.75. The van der Waals surface area contributed by atoms with Gasteiger partial charge in [0.2, 0.25) is 0 Å². The van der Waals surface area contributed by atoms with Gasteiger partial charge in [0, 0.05) is 29.1 Å². The van der Waals surface area contributed by atoms with Crippen LogP contribution in [0.1, 0.15) is 30.7 Å². The van der Waals surface area contributed by atoms with E-state index >= 15 is 0 Å². The maximum absolute atomic E-state index is 3.60. The second-order valence-electron chi connectivity index (χ2n) is 6.37. The number of benzene rings is 1. The van der Waals surface area contributed by atoms with Gasteiger partial charge in [-0.05, 0) is 67.6 Å². The van der Waals surface area contributed by atoms with Gasteiger partial charge in [-0.3, -0.25) is 0 Å². The minimum Gasteiger partial charge on any atom is -0.384 e. The van der Waals surface area contributed by atoms with Crippen LogP contribution in [0.4, 0.5) is 5.69 Å². The molecule has 0 bridgehead atoms. The molecule has 0 aliphatic carbocycles. The fourth-order valence-electron chi connectivity index (χ4n) is 3.82. The lowest BCUT2D eigenvalue weighted by molar-refractivity contribution is 0.285.